The van der Waals surface area contributed by atoms with Gasteiger partial charge in [-0.25, -0.2) is 10.5 Å². The number of amides is 1. The second kappa shape index (κ2) is 5.31. The third kappa shape index (κ3) is 3.55. The molecule has 15 heavy (non-hydrogen) atoms. The third-order valence-electron chi connectivity index (χ3n) is 1.64. The Kier molecular flexibility index (Phi) is 4.05. The number of nitrogens with zero attached hydrogens (tertiary/aromatic N) is 1. The number of carbonyl (C=O) groups is 1. The second-order valence-corrected chi connectivity index (χ2v) is 3.58. The summed E-state index contributed by atoms with van der Waals surface area (Å²) in [5.74, 6) is -0.0693. The summed E-state index contributed by atoms with van der Waals surface area (Å²) in [6.45, 7) is 4.43. The molecule has 0 aliphatic rings. The van der Waals surface area contributed by atoms with Crippen molar-refractivity contribution in [2.75, 3.05) is 12.3 Å². The van der Waals surface area contributed by atoms with E-state index >= 15 is 0 Å². The number of pyridine rings is 1. The molecule has 1 rings (SSSR count). The lowest BCUT2D eigenvalue weighted by molar-refractivity contribution is 0.0205. The van der Waals surface area contributed by atoms with Crippen LogP contribution >= 0.6 is 0 Å². The van der Waals surface area contributed by atoms with Gasteiger partial charge in [0, 0.05) is 6.20 Å². The first-order chi connectivity index (χ1) is 7.11. The Bertz CT molecular complexity index is 339. The van der Waals surface area contributed by atoms with Crippen LogP contribution in [0, 0.1) is 5.92 Å². The molecular formula is C10H15N3O2. The van der Waals surface area contributed by atoms with Crippen molar-refractivity contribution >= 4 is 11.6 Å². The van der Waals surface area contributed by atoms with Crippen LogP contribution < -0.4 is 11.2 Å². The van der Waals surface area contributed by atoms with Crippen molar-refractivity contribution in [1.29, 1.82) is 0 Å². The van der Waals surface area contributed by atoms with E-state index in [4.69, 9.17) is 10.6 Å². The number of nitrogens with two attached hydrogens (primary N) is 1. The summed E-state index contributed by atoms with van der Waals surface area (Å²) in [6.07, 6.45) is 1.51. The van der Waals surface area contributed by atoms with Crippen LogP contribution in [0.5, 0.6) is 0 Å². The van der Waals surface area contributed by atoms with Crippen molar-refractivity contribution < 1.29 is 9.63 Å². The standard InChI is InChI=1S/C10H15N3O2/c1-7(2)6-15-13-10(14)9-8(11)4-3-5-12-9/h3-5,7H,6,11H2,1-2H3,(H,13,14). The number of nitrogens with one attached hydrogen (secondary N) is 1. The zero-order valence-electron chi connectivity index (χ0n) is 8.86. The predicted molar refractivity (Wildman–Crippen MR) is 56.9 cm³/mol. The first kappa shape index (κ1) is 11.5. The van der Waals surface area contributed by atoms with Gasteiger partial charge in [0.15, 0.2) is 5.69 Å². The number of rotatable bonds is 4. The summed E-state index contributed by atoms with van der Waals surface area (Å²) in [5, 5.41) is 0. The molecule has 5 heteroatoms. The van der Waals surface area contributed by atoms with Crippen LogP contribution in [0.2, 0.25) is 0 Å². The first-order valence-corrected chi connectivity index (χ1v) is 4.74. The molecule has 1 heterocycles. The Labute approximate surface area is 88.6 Å². The SMILES string of the molecule is CC(C)CONC(=O)c1ncccc1N. The number of hydroxylamine groups is 1. The summed E-state index contributed by atoms with van der Waals surface area (Å²) < 4.78 is 0. The van der Waals surface area contributed by atoms with Crippen molar-refractivity contribution in [1.82, 2.24) is 10.5 Å². The van der Waals surface area contributed by atoms with Gasteiger partial charge in [-0.2, -0.15) is 0 Å². The zero-order valence-corrected chi connectivity index (χ0v) is 8.86. The van der Waals surface area contributed by atoms with Crippen molar-refractivity contribution in [2.45, 2.75) is 13.8 Å². The smallest absolute Gasteiger partial charge is 0.295 e. The molecule has 0 radical (unpaired) electrons. The number of anilines is 1. The molecular weight excluding hydrogens is 194 g/mol. The zero-order chi connectivity index (χ0) is 11.3. The number of nitrogen functional groups attached to an aromatic ring is 1. The van der Waals surface area contributed by atoms with Crippen molar-refractivity contribution in [3.8, 4) is 0 Å². The van der Waals surface area contributed by atoms with Gasteiger partial charge in [-0.15, -0.1) is 0 Å². The minimum Gasteiger partial charge on any atom is -0.397 e. The van der Waals surface area contributed by atoms with Crippen molar-refractivity contribution in [3.63, 3.8) is 0 Å². The number of aromatic nitrogens is 1. The molecule has 0 saturated heterocycles. The second-order valence-electron chi connectivity index (χ2n) is 3.58. The van der Waals surface area contributed by atoms with Gasteiger partial charge in [0.2, 0.25) is 0 Å². The molecule has 0 bridgehead atoms. The third-order valence-corrected chi connectivity index (χ3v) is 1.64. The minimum atomic E-state index is -0.422. The van der Waals surface area contributed by atoms with Crippen LogP contribution in [0.3, 0.4) is 0 Å². The molecule has 82 valence electrons. The van der Waals surface area contributed by atoms with Crippen LogP contribution in [0.4, 0.5) is 5.69 Å². The Morgan fingerprint density at radius 1 is 1.67 bits per heavy atom. The molecule has 0 aliphatic heterocycles. The van der Waals surface area contributed by atoms with Gasteiger partial charge in [-0.05, 0) is 18.1 Å². The average Bonchev–Trinajstić information content (AvgIpc) is 2.17. The normalized spacial score (nSPS) is 10.3. The van der Waals surface area contributed by atoms with E-state index in [2.05, 4.69) is 10.5 Å². The maximum absolute atomic E-state index is 11.5. The fourth-order valence-corrected chi connectivity index (χ4v) is 0.930. The Balaban J connectivity index is 2.51. The number of hydrogen-bond donors (Lipinski definition) is 2. The number of carbonyl (C=O) groups excluding carboxylic acids is 1. The molecule has 1 aromatic rings. The Morgan fingerprint density at radius 3 is 3.00 bits per heavy atom. The highest BCUT2D eigenvalue weighted by Crippen LogP contribution is 2.06. The Morgan fingerprint density at radius 2 is 2.40 bits per heavy atom. The maximum atomic E-state index is 11.5. The van der Waals surface area contributed by atoms with E-state index in [0.29, 0.717) is 18.2 Å². The quantitative estimate of drug-likeness (QED) is 0.725. The van der Waals surface area contributed by atoms with Gasteiger partial charge >= 0.3 is 0 Å². The van der Waals surface area contributed by atoms with E-state index in [1.54, 1.807) is 12.1 Å². The van der Waals surface area contributed by atoms with Gasteiger partial charge in [-0.3, -0.25) is 9.63 Å². The molecule has 0 aromatic carbocycles. The van der Waals surface area contributed by atoms with Crippen LogP contribution in [0.25, 0.3) is 0 Å². The lowest BCUT2D eigenvalue weighted by atomic mass is 10.2. The molecule has 1 amide bonds. The maximum Gasteiger partial charge on any atom is 0.295 e. The highest BCUT2D eigenvalue weighted by Gasteiger charge is 2.10. The minimum absolute atomic E-state index is 0.182. The molecule has 0 spiro atoms. The topological polar surface area (TPSA) is 77.2 Å². The van der Waals surface area contributed by atoms with Gasteiger partial charge < -0.3 is 5.73 Å². The predicted octanol–water partition coefficient (Wildman–Crippen LogP) is 0.981. The Hall–Kier alpha value is -1.62. The molecule has 0 saturated carbocycles. The van der Waals surface area contributed by atoms with E-state index in [1.807, 2.05) is 13.8 Å². The van der Waals surface area contributed by atoms with Gasteiger partial charge in [0.05, 0.1) is 12.3 Å². The van der Waals surface area contributed by atoms with Gasteiger partial charge in [0.1, 0.15) is 0 Å². The van der Waals surface area contributed by atoms with Gasteiger partial charge in [-0.1, -0.05) is 13.8 Å². The molecule has 1 aromatic heterocycles. The van der Waals surface area contributed by atoms with E-state index in [-0.39, 0.29) is 5.69 Å². The van der Waals surface area contributed by atoms with E-state index in [0.717, 1.165) is 0 Å². The summed E-state index contributed by atoms with van der Waals surface area (Å²) in [4.78, 5) is 20.3. The molecule has 0 fully saturated rings. The van der Waals surface area contributed by atoms with E-state index in [1.165, 1.54) is 6.20 Å². The van der Waals surface area contributed by atoms with Crippen LogP contribution in [0.1, 0.15) is 24.3 Å². The average molecular weight is 209 g/mol. The molecule has 0 atom stereocenters. The van der Waals surface area contributed by atoms with Crippen LogP contribution in [0.15, 0.2) is 18.3 Å². The lowest BCUT2D eigenvalue weighted by Gasteiger charge is -2.08. The van der Waals surface area contributed by atoms with Gasteiger partial charge in [0.25, 0.3) is 5.91 Å². The molecule has 3 N–H and O–H groups in total. The monoisotopic (exact) mass is 209 g/mol. The van der Waals surface area contributed by atoms with Crippen LogP contribution in [-0.4, -0.2) is 17.5 Å². The largest absolute Gasteiger partial charge is 0.397 e. The molecule has 5 nitrogen and oxygen atoms in total. The number of hydrogen-bond acceptors (Lipinski definition) is 4. The molecule has 0 unspecified atom stereocenters. The van der Waals surface area contributed by atoms with Crippen LogP contribution in [-0.2, 0) is 4.84 Å². The van der Waals surface area contributed by atoms with Crippen molar-refractivity contribution in [2.24, 2.45) is 5.92 Å². The summed E-state index contributed by atoms with van der Waals surface area (Å²) in [7, 11) is 0. The summed E-state index contributed by atoms with van der Waals surface area (Å²) in [6, 6.07) is 3.28. The van der Waals surface area contributed by atoms with E-state index < -0.39 is 5.91 Å². The fraction of sp³-hybridized carbons (Fsp3) is 0.400. The first-order valence-electron chi connectivity index (χ1n) is 4.74. The highest BCUT2D eigenvalue weighted by atomic mass is 16.6. The molecule has 0 aliphatic carbocycles. The lowest BCUT2D eigenvalue weighted by Crippen LogP contribution is -2.27. The summed E-state index contributed by atoms with van der Waals surface area (Å²) >= 11 is 0. The fourth-order valence-electron chi connectivity index (χ4n) is 0.930. The van der Waals surface area contributed by atoms with Crippen molar-refractivity contribution in [3.05, 3.63) is 24.0 Å². The highest BCUT2D eigenvalue weighted by molar-refractivity contribution is 5.96. The van der Waals surface area contributed by atoms with E-state index in [9.17, 15) is 4.79 Å². The summed E-state index contributed by atoms with van der Waals surface area (Å²) in [5.41, 5.74) is 8.38.